The summed E-state index contributed by atoms with van der Waals surface area (Å²) in [4.78, 5) is 29.9. The molecule has 0 aromatic carbocycles. The number of aromatic nitrogens is 2. The second kappa shape index (κ2) is 6.75. The van der Waals surface area contributed by atoms with E-state index in [2.05, 4.69) is 9.97 Å². The highest BCUT2D eigenvalue weighted by Gasteiger charge is 2.56. The number of aliphatic hydroxyl groups excluding tert-OH is 3. The van der Waals surface area contributed by atoms with E-state index in [0.717, 1.165) is 0 Å². The Morgan fingerprint density at radius 3 is 2.58 bits per heavy atom. The Morgan fingerprint density at radius 2 is 2.00 bits per heavy atom. The normalized spacial score (nSPS) is 34.5. The minimum Gasteiger partial charge on any atom is -0.394 e. The molecule has 2 fully saturated rings. The van der Waals surface area contributed by atoms with Crippen LogP contribution in [0.1, 0.15) is 5.56 Å². The highest BCUT2D eigenvalue weighted by Crippen LogP contribution is 2.39. The lowest BCUT2D eigenvalue weighted by atomic mass is 9.87. The summed E-state index contributed by atoms with van der Waals surface area (Å²) < 4.78 is 11.0. The van der Waals surface area contributed by atoms with Crippen LogP contribution < -0.4 is 11.2 Å². The van der Waals surface area contributed by atoms with Gasteiger partial charge in [0, 0.05) is 25.8 Å². The van der Waals surface area contributed by atoms with E-state index >= 15 is 0 Å². The van der Waals surface area contributed by atoms with Crippen LogP contribution in [0.25, 0.3) is 0 Å². The zero-order valence-corrected chi connectivity index (χ0v) is 13.0. The molecule has 10 nitrogen and oxygen atoms in total. The molecular weight excluding hydrogens is 322 g/mol. The van der Waals surface area contributed by atoms with Gasteiger partial charge in [-0.1, -0.05) is 0 Å². The van der Waals surface area contributed by atoms with Crippen molar-refractivity contribution in [3.63, 3.8) is 0 Å². The fraction of sp³-hybridized carbons (Fsp3) is 0.714. The molecule has 0 unspecified atom stereocenters. The molecule has 1 aromatic rings. The van der Waals surface area contributed by atoms with Gasteiger partial charge >= 0.3 is 5.69 Å². The number of rotatable bonds is 4. The molecule has 2 aliphatic rings. The van der Waals surface area contributed by atoms with Crippen molar-refractivity contribution in [3.05, 3.63) is 32.6 Å². The van der Waals surface area contributed by atoms with E-state index in [-0.39, 0.29) is 12.1 Å². The topological polar surface area (TPSA) is 148 Å². The summed E-state index contributed by atoms with van der Waals surface area (Å²) >= 11 is 0. The highest BCUT2D eigenvalue weighted by molar-refractivity contribution is 5.23. The maximum absolute atomic E-state index is 12.3. The van der Waals surface area contributed by atoms with Crippen LogP contribution in [0.2, 0.25) is 0 Å². The highest BCUT2D eigenvalue weighted by atomic mass is 16.6. The third-order valence-electron chi connectivity index (χ3n) is 4.56. The quantitative estimate of drug-likeness (QED) is 0.382. The molecule has 0 spiro atoms. The minimum atomic E-state index is -1.57. The monoisotopic (exact) mass is 343 g/mol. The van der Waals surface area contributed by atoms with Crippen molar-refractivity contribution in [2.75, 3.05) is 39.5 Å². The van der Waals surface area contributed by atoms with Crippen molar-refractivity contribution in [1.29, 1.82) is 0 Å². The molecule has 2 aliphatic heterocycles. The lowest BCUT2D eigenvalue weighted by Gasteiger charge is -2.38. The molecule has 10 heteroatoms. The summed E-state index contributed by atoms with van der Waals surface area (Å²) in [7, 11) is 0. The summed E-state index contributed by atoms with van der Waals surface area (Å²) in [5.41, 5.74) is -2.97. The summed E-state index contributed by atoms with van der Waals surface area (Å²) in [6, 6.07) is 0. The van der Waals surface area contributed by atoms with Crippen molar-refractivity contribution in [3.8, 4) is 0 Å². The van der Waals surface area contributed by atoms with Crippen molar-refractivity contribution in [1.82, 2.24) is 14.9 Å². The maximum Gasteiger partial charge on any atom is 0.325 e. The SMILES string of the molecule is O=c1[nH]cc([C@]2(CN3CCOCC3)O[C@H](CO)[C@@H](O)[C@H]2O)c(=O)[nH]1. The van der Waals surface area contributed by atoms with E-state index < -0.39 is 41.8 Å². The molecule has 0 saturated carbocycles. The Bertz CT molecular complexity index is 683. The van der Waals surface area contributed by atoms with Crippen molar-refractivity contribution < 1.29 is 24.8 Å². The number of hydrogen-bond donors (Lipinski definition) is 5. The van der Waals surface area contributed by atoms with E-state index in [1.54, 1.807) is 0 Å². The first-order valence-electron chi connectivity index (χ1n) is 7.75. The molecule has 5 N–H and O–H groups in total. The zero-order valence-electron chi connectivity index (χ0n) is 13.0. The average molecular weight is 343 g/mol. The van der Waals surface area contributed by atoms with Gasteiger partial charge in [-0.3, -0.25) is 14.7 Å². The number of aliphatic hydroxyl groups is 3. The first-order valence-corrected chi connectivity index (χ1v) is 7.75. The standard InChI is InChI=1S/C14H21N3O7/c18-6-9-10(19)11(20)14(24-9,7-17-1-3-23-4-2-17)8-5-15-13(22)16-12(8)21/h5,9-11,18-20H,1-4,6-7H2,(H2,15,16,21,22)/t9-,10-,11-,14+/m1/s1. The van der Waals surface area contributed by atoms with Crippen molar-refractivity contribution >= 4 is 0 Å². The lowest BCUT2D eigenvalue weighted by molar-refractivity contribution is -0.122. The predicted molar refractivity (Wildman–Crippen MR) is 80.6 cm³/mol. The van der Waals surface area contributed by atoms with Gasteiger partial charge in [0.2, 0.25) is 0 Å². The van der Waals surface area contributed by atoms with Gasteiger partial charge in [-0.05, 0) is 0 Å². The number of ether oxygens (including phenoxy) is 2. The van der Waals surface area contributed by atoms with Crippen LogP contribution >= 0.6 is 0 Å². The minimum absolute atomic E-state index is 0.00362. The van der Waals surface area contributed by atoms with Gasteiger partial charge in [0.05, 0.1) is 25.4 Å². The van der Waals surface area contributed by atoms with Crippen LogP contribution in [-0.2, 0) is 15.1 Å². The van der Waals surface area contributed by atoms with Gasteiger partial charge < -0.3 is 29.8 Å². The Morgan fingerprint density at radius 1 is 1.29 bits per heavy atom. The number of aromatic amines is 2. The molecule has 0 radical (unpaired) electrons. The Balaban J connectivity index is 2.03. The summed E-state index contributed by atoms with van der Waals surface area (Å²) in [5, 5.41) is 30.1. The third kappa shape index (κ3) is 2.92. The predicted octanol–water partition coefficient (Wildman–Crippen LogP) is -3.30. The number of nitrogens with zero attached hydrogens (tertiary/aromatic N) is 1. The first-order chi connectivity index (χ1) is 11.5. The molecule has 2 saturated heterocycles. The van der Waals surface area contributed by atoms with Crippen LogP contribution in [0.4, 0.5) is 0 Å². The third-order valence-corrected chi connectivity index (χ3v) is 4.56. The molecule has 0 aliphatic carbocycles. The molecule has 3 heterocycles. The van der Waals surface area contributed by atoms with E-state index in [1.807, 2.05) is 4.90 Å². The van der Waals surface area contributed by atoms with Crippen molar-refractivity contribution in [2.45, 2.75) is 23.9 Å². The second-order valence-corrected chi connectivity index (χ2v) is 6.04. The van der Waals surface area contributed by atoms with E-state index in [1.165, 1.54) is 6.20 Å². The molecule has 0 amide bonds. The largest absolute Gasteiger partial charge is 0.394 e. The van der Waals surface area contributed by atoms with Crippen molar-refractivity contribution in [2.24, 2.45) is 0 Å². The van der Waals surface area contributed by atoms with Gasteiger partial charge in [-0.25, -0.2) is 4.79 Å². The van der Waals surface area contributed by atoms with Gasteiger partial charge in [-0.2, -0.15) is 0 Å². The van der Waals surface area contributed by atoms with Gasteiger partial charge in [0.1, 0.15) is 23.9 Å². The van der Waals surface area contributed by atoms with E-state index in [4.69, 9.17) is 9.47 Å². The van der Waals surface area contributed by atoms with Crippen LogP contribution in [0.15, 0.2) is 15.8 Å². The fourth-order valence-electron chi connectivity index (χ4n) is 3.29. The van der Waals surface area contributed by atoms with Crippen LogP contribution in [0, 0.1) is 0 Å². The summed E-state index contributed by atoms with van der Waals surface area (Å²) in [6.07, 6.45) is -2.66. The van der Waals surface area contributed by atoms with Crippen LogP contribution in [0.3, 0.4) is 0 Å². The van der Waals surface area contributed by atoms with Gasteiger partial charge in [0.25, 0.3) is 5.56 Å². The van der Waals surface area contributed by atoms with E-state index in [0.29, 0.717) is 26.3 Å². The maximum atomic E-state index is 12.3. The molecular formula is C14H21N3O7. The second-order valence-electron chi connectivity index (χ2n) is 6.04. The number of H-pyrrole nitrogens is 2. The molecule has 0 bridgehead atoms. The number of hydrogen-bond acceptors (Lipinski definition) is 8. The smallest absolute Gasteiger partial charge is 0.325 e. The van der Waals surface area contributed by atoms with E-state index in [9.17, 15) is 24.9 Å². The number of morpholine rings is 1. The Hall–Kier alpha value is -1.56. The van der Waals surface area contributed by atoms with Crippen LogP contribution in [0.5, 0.6) is 0 Å². The number of nitrogens with one attached hydrogen (secondary N) is 2. The molecule has 1 aromatic heterocycles. The van der Waals surface area contributed by atoms with Crippen LogP contribution in [-0.4, -0.2) is 88.0 Å². The Labute approximate surface area is 136 Å². The zero-order chi connectivity index (χ0) is 17.3. The summed E-state index contributed by atoms with van der Waals surface area (Å²) in [6.45, 7) is 1.74. The molecule has 3 rings (SSSR count). The fourth-order valence-corrected chi connectivity index (χ4v) is 3.29. The Kier molecular flexibility index (Phi) is 4.85. The molecule has 134 valence electrons. The summed E-state index contributed by atoms with van der Waals surface area (Å²) in [5.74, 6) is 0. The van der Waals surface area contributed by atoms with Gasteiger partial charge in [0.15, 0.2) is 0 Å². The first kappa shape index (κ1) is 17.3. The molecule has 24 heavy (non-hydrogen) atoms. The average Bonchev–Trinajstić information content (AvgIpc) is 2.81. The van der Waals surface area contributed by atoms with Gasteiger partial charge in [-0.15, -0.1) is 0 Å². The lowest BCUT2D eigenvalue weighted by Crippen LogP contribution is -2.54. The molecule has 4 atom stereocenters.